The molecule has 10 nitrogen and oxygen atoms in total. The van der Waals surface area contributed by atoms with E-state index in [1.807, 2.05) is 84.9 Å². The van der Waals surface area contributed by atoms with Gasteiger partial charge >= 0.3 is 0 Å². The first-order chi connectivity index (χ1) is 27.4. The number of nitrogens with zero attached hydrogens (tertiary/aromatic N) is 3. The number of piperidine rings is 1. The minimum absolute atomic E-state index is 0.0252. The highest BCUT2D eigenvalue weighted by Gasteiger charge is 2.50. The van der Waals surface area contributed by atoms with Crippen molar-refractivity contribution in [3.05, 3.63) is 161 Å². The third-order valence-corrected chi connectivity index (χ3v) is 11.8. The van der Waals surface area contributed by atoms with Crippen LogP contribution in [-0.2, 0) is 27.4 Å². The molecule has 3 atom stereocenters. The largest absolute Gasteiger partial charge is 0.392 e. The van der Waals surface area contributed by atoms with Crippen molar-refractivity contribution in [3.8, 4) is 11.1 Å². The van der Waals surface area contributed by atoms with Gasteiger partial charge in [-0.3, -0.25) is 19.3 Å². The molecule has 3 fully saturated rings. The van der Waals surface area contributed by atoms with E-state index in [0.717, 1.165) is 65.0 Å². The van der Waals surface area contributed by atoms with E-state index in [0.29, 0.717) is 30.8 Å². The second-order valence-electron chi connectivity index (χ2n) is 15.2. The van der Waals surface area contributed by atoms with Gasteiger partial charge in [-0.05, 0) is 77.1 Å². The zero-order valence-electron chi connectivity index (χ0n) is 31.1. The van der Waals surface area contributed by atoms with Crippen molar-refractivity contribution < 1.29 is 29.0 Å². The lowest BCUT2D eigenvalue weighted by Gasteiger charge is -2.45. The van der Waals surface area contributed by atoms with E-state index in [2.05, 4.69) is 33.3 Å². The van der Waals surface area contributed by atoms with Gasteiger partial charge in [-0.2, -0.15) is 0 Å². The average molecular weight is 749 g/mol. The molecule has 0 saturated carbocycles. The maximum atomic E-state index is 13.3. The molecule has 4 aliphatic rings. The van der Waals surface area contributed by atoms with Crippen LogP contribution in [0.3, 0.4) is 0 Å². The summed E-state index contributed by atoms with van der Waals surface area (Å²) in [5.41, 5.74) is 6.89. The number of aliphatic hydroxyl groups is 1. The number of ether oxygens (including phenoxy) is 2. The third-order valence-electron chi connectivity index (χ3n) is 11.8. The van der Waals surface area contributed by atoms with E-state index in [1.54, 1.807) is 24.3 Å². The van der Waals surface area contributed by atoms with E-state index < -0.39 is 11.8 Å². The van der Waals surface area contributed by atoms with Crippen molar-refractivity contribution in [3.63, 3.8) is 0 Å². The van der Waals surface area contributed by atoms with Crippen molar-refractivity contribution >= 4 is 23.4 Å². The first-order valence-corrected chi connectivity index (χ1v) is 19.4. The van der Waals surface area contributed by atoms with Gasteiger partial charge in [0.05, 0.1) is 43.2 Å². The molecule has 56 heavy (non-hydrogen) atoms. The van der Waals surface area contributed by atoms with Crippen molar-refractivity contribution in [2.45, 2.75) is 56.5 Å². The van der Waals surface area contributed by atoms with Crippen molar-refractivity contribution in [1.82, 2.24) is 15.1 Å². The Balaban J connectivity index is 0.930. The van der Waals surface area contributed by atoms with Gasteiger partial charge < -0.3 is 29.7 Å². The van der Waals surface area contributed by atoms with E-state index in [4.69, 9.17) is 9.47 Å². The molecule has 1 spiro atoms. The molecule has 2 N–H and O–H groups in total. The molecular weight excluding hydrogens is 705 g/mol. The number of fused-ring (bicyclic) bond motifs is 1. The van der Waals surface area contributed by atoms with Gasteiger partial charge in [-0.1, -0.05) is 91.0 Å². The lowest BCUT2D eigenvalue weighted by molar-refractivity contribution is -0.253. The Hall–Kier alpha value is -5.65. The number of carbonyl (C=O) groups excluding carboxylic acids is 3. The van der Waals surface area contributed by atoms with Crippen LogP contribution in [-0.4, -0.2) is 70.6 Å². The van der Waals surface area contributed by atoms with E-state index in [-0.39, 0.29) is 43.1 Å². The van der Waals surface area contributed by atoms with E-state index >= 15 is 0 Å². The number of anilines is 1. The molecule has 9 rings (SSSR count). The number of benzene rings is 5. The molecular formula is C46H44N4O6. The molecule has 3 saturated heterocycles. The summed E-state index contributed by atoms with van der Waals surface area (Å²) in [6, 6.07) is 41.1. The minimum Gasteiger partial charge on any atom is -0.392 e. The summed E-state index contributed by atoms with van der Waals surface area (Å²) in [7, 11) is 0. The Labute approximate surface area is 326 Å². The number of amides is 3. The molecule has 0 aliphatic carbocycles. The molecule has 0 bridgehead atoms. The molecule has 5 aromatic rings. The van der Waals surface area contributed by atoms with Gasteiger partial charge in [0.1, 0.15) is 5.54 Å². The number of hydrogen-bond donors (Lipinski definition) is 2. The van der Waals surface area contributed by atoms with Crippen LogP contribution in [0, 0.1) is 0 Å². The number of aliphatic hydroxyl groups excluding tert-OH is 1. The van der Waals surface area contributed by atoms with Gasteiger partial charge in [0.2, 0.25) is 5.91 Å². The highest BCUT2D eigenvalue weighted by molar-refractivity contribution is 6.21. The predicted molar refractivity (Wildman–Crippen MR) is 211 cm³/mol. The van der Waals surface area contributed by atoms with Crippen LogP contribution >= 0.6 is 0 Å². The number of imide groups is 1. The molecule has 0 radical (unpaired) electrons. The fourth-order valence-corrected chi connectivity index (χ4v) is 8.74. The Bertz CT molecular complexity index is 2220. The molecule has 5 aromatic carbocycles. The van der Waals surface area contributed by atoms with E-state index in [1.165, 1.54) is 4.90 Å². The average Bonchev–Trinajstić information content (AvgIpc) is 3.69. The summed E-state index contributed by atoms with van der Waals surface area (Å²) < 4.78 is 13.5. The molecule has 4 heterocycles. The Morgan fingerprint density at radius 3 is 2.09 bits per heavy atom. The Kier molecular flexibility index (Phi) is 9.72. The minimum atomic E-state index is -0.636. The zero-order valence-corrected chi connectivity index (χ0v) is 31.1. The van der Waals surface area contributed by atoms with E-state index in [9.17, 15) is 19.5 Å². The van der Waals surface area contributed by atoms with Gasteiger partial charge in [-0.25, -0.2) is 0 Å². The normalized spacial score (nSPS) is 22.1. The van der Waals surface area contributed by atoms with Gasteiger partial charge in [0, 0.05) is 37.3 Å². The number of likely N-dealkylation sites (tertiary alicyclic amines) is 1. The molecule has 0 unspecified atom stereocenters. The fraction of sp³-hybridized carbons (Fsp3) is 0.283. The summed E-state index contributed by atoms with van der Waals surface area (Å²) in [4.78, 5) is 45.4. The number of para-hydroxylation sites is 1. The van der Waals surface area contributed by atoms with Gasteiger partial charge in [0.15, 0.2) is 6.29 Å². The number of nitrogens with one attached hydrogen (secondary N) is 1. The molecule has 284 valence electrons. The zero-order chi connectivity index (χ0) is 38.2. The summed E-state index contributed by atoms with van der Waals surface area (Å²) in [5.74, 6) is -0.451. The lowest BCUT2D eigenvalue weighted by atomic mass is 9.85. The van der Waals surface area contributed by atoms with Gasteiger partial charge in [0.25, 0.3) is 11.8 Å². The Morgan fingerprint density at radius 2 is 1.38 bits per heavy atom. The summed E-state index contributed by atoms with van der Waals surface area (Å²) in [5, 5.41) is 12.8. The highest BCUT2D eigenvalue weighted by atomic mass is 16.7. The van der Waals surface area contributed by atoms with Crippen LogP contribution in [0.4, 0.5) is 5.69 Å². The van der Waals surface area contributed by atoms with Crippen LogP contribution in [0.5, 0.6) is 0 Å². The standard InChI is InChI=1S/C46H44N4O6/c51-29-31-16-18-33(19-17-31)41-26-38(28-48-22-20-46(21-23-48)45(54)47-30-50(46)37-12-2-1-3-13-37)55-44(56-41)36-11-7-10-35(25-36)34-9-6-8-32(24-34)27-49-42(52)39-14-4-5-15-40(39)43(49)53/h1-19,24-25,38,41,44,51H,20-23,26-30H2,(H,47,54)/t38-,41+,44+/m0/s1. The second kappa shape index (κ2) is 15.1. The van der Waals surface area contributed by atoms with Crippen LogP contribution < -0.4 is 10.2 Å². The Morgan fingerprint density at radius 1 is 0.696 bits per heavy atom. The molecule has 0 aromatic heterocycles. The third kappa shape index (κ3) is 6.79. The summed E-state index contributed by atoms with van der Waals surface area (Å²) in [6.07, 6.45) is 1.10. The highest BCUT2D eigenvalue weighted by Crippen LogP contribution is 2.41. The summed E-state index contributed by atoms with van der Waals surface area (Å²) in [6.45, 7) is 2.91. The van der Waals surface area contributed by atoms with Gasteiger partial charge in [-0.15, -0.1) is 0 Å². The van der Waals surface area contributed by atoms with Crippen molar-refractivity contribution in [2.24, 2.45) is 0 Å². The monoisotopic (exact) mass is 748 g/mol. The first kappa shape index (κ1) is 36.0. The lowest BCUT2D eigenvalue weighted by Crippen LogP contribution is -2.57. The van der Waals surface area contributed by atoms with Crippen LogP contribution in [0.2, 0.25) is 0 Å². The molecule has 3 amide bonds. The SMILES string of the molecule is O=C1c2ccccc2C(=O)N1Cc1cccc(-c2cccc([C@@H]3O[C@H](CN4CCC5(CC4)C(=O)NCN5c4ccccc4)C[C@H](c4ccc(CO)cc4)O3)c2)c1. The first-order valence-electron chi connectivity index (χ1n) is 19.4. The van der Waals surface area contributed by atoms with Crippen molar-refractivity contribution in [2.75, 3.05) is 31.2 Å². The van der Waals surface area contributed by atoms with Crippen LogP contribution in [0.15, 0.2) is 127 Å². The quantitative estimate of drug-likeness (QED) is 0.162. The number of carbonyl (C=O) groups is 3. The molecule has 4 aliphatic heterocycles. The topological polar surface area (TPSA) is 112 Å². The maximum absolute atomic E-state index is 13.3. The smallest absolute Gasteiger partial charge is 0.261 e. The van der Waals surface area contributed by atoms with Crippen LogP contribution in [0.25, 0.3) is 11.1 Å². The van der Waals surface area contributed by atoms with Crippen LogP contribution in [0.1, 0.15) is 74.6 Å². The fourth-order valence-electron chi connectivity index (χ4n) is 8.74. The summed E-state index contributed by atoms with van der Waals surface area (Å²) >= 11 is 0. The maximum Gasteiger partial charge on any atom is 0.261 e. The second-order valence-corrected chi connectivity index (χ2v) is 15.2. The predicted octanol–water partition coefficient (Wildman–Crippen LogP) is 6.62. The molecule has 10 heteroatoms. The number of rotatable bonds is 9. The number of hydrogen-bond acceptors (Lipinski definition) is 8. The van der Waals surface area contributed by atoms with Crippen molar-refractivity contribution in [1.29, 1.82) is 0 Å².